The topological polar surface area (TPSA) is 46.2 Å². The summed E-state index contributed by atoms with van der Waals surface area (Å²) in [6, 6.07) is 3.78. The first-order valence-electron chi connectivity index (χ1n) is 3.83. The summed E-state index contributed by atoms with van der Waals surface area (Å²) in [5, 5.41) is 9.58. The normalized spacial score (nSPS) is 10.2. The van der Waals surface area contributed by atoms with Gasteiger partial charge >= 0.3 is 0 Å². The van der Waals surface area contributed by atoms with Gasteiger partial charge < -0.3 is 10.8 Å². The van der Waals surface area contributed by atoms with Gasteiger partial charge in [-0.15, -0.1) is 0 Å². The second-order valence-corrected chi connectivity index (χ2v) is 3.68. The summed E-state index contributed by atoms with van der Waals surface area (Å²) >= 11 is 3.37. The lowest BCUT2D eigenvalue weighted by atomic mass is 10.1. The van der Waals surface area contributed by atoms with E-state index >= 15 is 0 Å². The maximum Gasteiger partial charge on any atom is 0.121 e. The minimum absolute atomic E-state index is 0.364. The highest BCUT2D eigenvalue weighted by Crippen LogP contribution is 2.26. The zero-order valence-corrected chi connectivity index (χ0v) is 8.56. The van der Waals surface area contributed by atoms with Crippen molar-refractivity contribution < 1.29 is 5.11 Å². The van der Waals surface area contributed by atoms with Crippen molar-refractivity contribution in [3.63, 3.8) is 0 Å². The second kappa shape index (κ2) is 3.92. The summed E-state index contributed by atoms with van der Waals surface area (Å²) in [6.07, 6.45) is 0.714. The van der Waals surface area contributed by atoms with Crippen LogP contribution in [0.2, 0.25) is 0 Å². The maximum atomic E-state index is 9.58. The first-order valence-corrected chi connectivity index (χ1v) is 4.62. The Morgan fingerprint density at radius 2 is 2.17 bits per heavy atom. The van der Waals surface area contributed by atoms with Gasteiger partial charge in [0.1, 0.15) is 5.75 Å². The SMILES string of the molecule is Cc1cc(Br)cc(CCN)c1O. The van der Waals surface area contributed by atoms with E-state index in [1.165, 1.54) is 0 Å². The van der Waals surface area contributed by atoms with Crippen LogP contribution in [0.1, 0.15) is 11.1 Å². The number of rotatable bonds is 2. The predicted molar refractivity (Wildman–Crippen MR) is 53.3 cm³/mol. The molecule has 0 saturated carbocycles. The largest absolute Gasteiger partial charge is 0.507 e. The van der Waals surface area contributed by atoms with Gasteiger partial charge in [-0.05, 0) is 43.1 Å². The smallest absolute Gasteiger partial charge is 0.121 e. The minimum Gasteiger partial charge on any atom is -0.507 e. The standard InChI is InChI=1S/C9H12BrNO/c1-6-4-8(10)5-7(2-3-11)9(6)12/h4-5,12H,2-3,11H2,1H3. The van der Waals surface area contributed by atoms with Gasteiger partial charge in [0, 0.05) is 4.47 Å². The molecular formula is C9H12BrNO. The lowest BCUT2D eigenvalue weighted by molar-refractivity contribution is 0.464. The van der Waals surface area contributed by atoms with Gasteiger partial charge in [-0.3, -0.25) is 0 Å². The Kier molecular flexibility index (Phi) is 3.12. The van der Waals surface area contributed by atoms with Crippen LogP contribution in [0.3, 0.4) is 0 Å². The lowest BCUT2D eigenvalue weighted by Gasteiger charge is -2.06. The minimum atomic E-state index is 0.364. The van der Waals surface area contributed by atoms with E-state index < -0.39 is 0 Å². The summed E-state index contributed by atoms with van der Waals surface area (Å²) in [5.41, 5.74) is 7.19. The van der Waals surface area contributed by atoms with Gasteiger partial charge in [-0.1, -0.05) is 15.9 Å². The zero-order valence-electron chi connectivity index (χ0n) is 6.97. The van der Waals surface area contributed by atoms with Gasteiger partial charge in [0.15, 0.2) is 0 Å². The molecule has 0 aliphatic heterocycles. The molecule has 1 aromatic rings. The Morgan fingerprint density at radius 1 is 1.50 bits per heavy atom. The molecule has 0 heterocycles. The van der Waals surface area contributed by atoms with E-state index in [1.807, 2.05) is 19.1 Å². The Morgan fingerprint density at radius 3 is 2.75 bits per heavy atom. The molecular weight excluding hydrogens is 218 g/mol. The zero-order chi connectivity index (χ0) is 9.14. The number of aromatic hydroxyl groups is 1. The van der Waals surface area contributed by atoms with E-state index in [1.54, 1.807) is 0 Å². The van der Waals surface area contributed by atoms with Crippen LogP contribution in [0.5, 0.6) is 5.75 Å². The van der Waals surface area contributed by atoms with Crippen LogP contribution in [0.25, 0.3) is 0 Å². The molecule has 3 heteroatoms. The highest BCUT2D eigenvalue weighted by molar-refractivity contribution is 9.10. The summed E-state index contributed by atoms with van der Waals surface area (Å²) in [6.45, 7) is 2.43. The van der Waals surface area contributed by atoms with Crippen LogP contribution in [0, 0.1) is 6.92 Å². The third-order valence-electron chi connectivity index (χ3n) is 1.76. The Hall–Kier alpha value is -0.540. The molecule has 0 atom stereocenters. The van der Waals surface area contributed by atoms with E-state index in [2.05, 4.69) is 15.9 Å². The summed E-state index contributed by atoms with van der Waals surface area (Å²) in [4.78, 5) is 0. The van der Waals surface area contributed by atoms with Crippen LogP contribution in [-0.4, -0.2) is 11.7 Å². The average Bonchev–Trinajstić information content (AvgIpc) is 2.00. The molecule has 0 aliphatic rings. The molecule has 1 aromatic carbocycles. The van der Waals surface area contributed by atoms with Crippen LogP contribution in [0.15, 0.2) is 16.6 Å². The molecule has 0 aromatic heterocycles. The van der Waals surface area contributed by atoms with Crippen LogP contribution >= 0.6 is 15.9 Å². The van der Waals surface area contributed by atoms with Gasteiger partial charge in [-0.25, -0.2) is 0 Å². The number of phenols is 1. The van der Waals surface area contributed by atoms with Crippen LogP contribution < -0.4 is 5.73 Å². The van der Waals surface area contributed by atoms with E-state index in [9.17, 15) is 5.11 Å². The van der Waals surface area contributed by atoms with E-state index in [0.717, 1.165) is 15.6 Å². The fourth-order valence-corrected chi connectivity index (χ4v) is 1.77. The third kappa shape index (κ3) is 1.99. The second-order valence-electron chi connectivity index (χ2n) is 2.77. The number of halogens is 1. The molecule has 0 bridgehead atoms. The number of phenolic OH excluding ortho intramolecular Hbond substituents is 1. The van der Waals surface area contributed by atoms with Gasteiger partial charge in [-0.2, -0.15) is 0 Å². The maximum absolute atomic E-state index is 9.58. The highest BCUT2D eigenvalue weighted by atomic mass is 79.9. The molecule has 2 nitrogen and oxygen atoms in total. The monoisotopic (exact) mass is 229 g/mol. The van der Waals surface area contributed by atoms with Crippen molar-refractivity contribution in [1.29, 1.82) is 0 Å². The number of hydrogen-bond donors (Lipinski definition) is 2. The molecule has 0 unspecified atom stereocenters. The van der Waals surface area contributed by atoms with E-state index in [4.69, 9.17) is 5.73 Å². The van der Waals surface area contributed by atoms with Crippen molar-refractivity contribution in [1.82, 2.24) is 0 Å². The lowest BCUT2D eigenvalue weighted by Crippen LogP contribution is -2.03. The predicted octanol–water partition coefficient (Wildman–Crippen LogP) is 1.96. The van der Waals surface area contributed by atoms with Crippen LogP contribution in [-0.2, 0) is 6.42 Å². The molecule has 1 rings (SSSR count). The summed E-state index contributed by atoms with van der Waals surface area (Å²) in [5.74, 6) is 0.364. The van der Waals surface area contributed by atoms with Crippen LogP contribution in [0.4, 0.5) is 0 Å². The number of aryl methyl sites for hydroxylation is 1. The third-order valence-corrected chi connectivity index (χ3v) is 2.22. The molecule has 3 N–H and O–H groups in total. The number of nitrogens with two attached hydrogens (primary N) is 1. The fraction of sp³-hybridized carbons (Fsp3) is 0.333. The Balaban J connectivity index is 3.09. The first-order chi connectivity index (χ1) is 5.65. The van der Waals surface area contributed by atoms with Crippen molar-refractivity contribution in [2.45, 2.75) is 13.3 Å². The molecule has 0 aliphatic carbocycles. The summed E-state index contributed by atoms with van der Waals surface area (Å²) < 4.78 is 0.987. The molecule has 66 valence electrons. The van der Waals surface area contributed by atoms with Crippen molar-refractivity contribution in [3.8, 4) is 5.75 Å². The molecule has 0 spiro atoms. The van der Waals surface area contributed by atoms with E-state index in [0.29, 0.717) is 18.7 Å². The Labute approximate surface area is 80.5 Å². The van der Waals surface area contributed by atoms with Crippen molar-refractivity contribution in [3.05, 3.63) is 27.7 Å². The summed E-state index contributed by atoms with van der Waals surface area (Å²) in [7, 11) is 0. The highest BCUT2D eigenvalue weighted by Gasteiger charge is 2.04. The molecule has 0 saturated heterocycles. The van der Waals surface area contributed by atoms with E-state index in [-0.39, 0.29) is 0 Å². The van der Waals surface area contributed by atoms with Crippen molar-refractivity contribution in [2.24, 2.45) is 5.73 Å². The fourth-order valence-electron chi connectivity index (χ4n) is 1.15. The molecule has 0 amide bonds. The number of hydrogen-bond acceptors (Lipinski definition) is 2. The van der Waals surface area contributed by atoms with Crippen molar-refractivity contribution in [2.75, 3.05) is 6.54 Å². The molecule has 0 fully saturated rings. The first kappa shape index (κ1) is 9.55. The van der Waals surface area contributed by atoms with Gasteiger partial charge in [0.2, 0.25) is 0 Å². The molecule has 12 heavy (non-hydrogen) atoms. The Bertz CT molecular complexity index is 286. The quantitative estimate of drug-likeness (QED) is 0.815. The molecule has 0 radical (unpaired) electrons. The van der Waals surface area contributed by atoms with Gasteiger partial charge in [0.05, 0.1) is 0 Å². The van der Waals surface area contributed by atoms with Gasteiger partial charge in [0.25, 0.3) is 0 Å². The van der Waals surface area contributed by atoms with Crippen molar-refractivity contribution >= 4 is 15.9 Å². The average molecular weight is 230 g/mol. The number of benzene rings is 1.